The fraction of sp³-hybridized carbons (Fsp3) is 0.348. The molecule has 1 aliphatic rings. The Morgan fingerprint density at radius 2 is 1.66 bits per heavy atom. The number of benzene rings is 2. The van der Waals surface area contributed by atoms with Gasteiger partial charge in [-0.05, 0) is 62.2 Å². The number of amides is 3. The lowest BCUT2D eigenvalue weighted by molar-refractivity contribution is -0.117. The monoisotopic (exact) mass is 393 g/mol. The average molecular weight is 393 g/mol. The summed E-state index contributed by atoms with van der Waals surface area (Å²) in [4.78, 5) is 40.0. The lowest BCUT2D eigenvalue weighted by atomic mass is 10.1. The first-order valence-electron chi connectivity index (χ1n) is 10.1. The van der Waals surface area contributed by atoms with Crippen LogP contribution >= 0.6 is 0 Å². The van der Waals surface area contributed by atoms with Crippen LogP contribution in [-0.2, 0) is 16.0 Å². The zero-order chi connectivity index (χ0) is 20.8. The van der Waals surface area contributed by atoms with Gasteiger partial charge in [-0.3, -0.25) is 14.4 Å². The molecule has 2 aromatic carbocycles. The van der Waals surface area contributed by atoms with E-state index in [0.717, 1.165) is 24.2 Å². The molecule has 6 heteroatoms. The Hall–Kier alpha value is -3.15. The zero-order valence-corrected chi connectivity index (χ0v) is 17.0. The van der Waals surface area contributed by atoms with Gasteiger partial charge >= 0.3 is 0 Å². The molecule has 1 aliphatic heterocycles. The van der Waals surface area contributed by atoms with Crippen LogP contribution in [0.4, 0.5) is 11.4 Å². The molecule has 0 saturated carbocycles. The first-order chi connectivity index (χ1) is 14.0. The van der Waals surface area contributed by atoms with Crippen molar-refractivity contribution in [2.75, 3.05) is 29.9 Å². The minimum atomic E-state index is -0.127. The highest BCUT2D eigenvalue weighted by Gasteiger charge is 2.21. The molecule has 0 radical (unpaired) electrons. The summed E-state index contributed by atoms with van der Waals surface area (Å²) in [5.41, 5.74) is 3.03. The van der Waals surface area contributed by atoms with Crippen LogP contribution in [0.15, 0.2) is 48.5 Å². The number of hydrogen-bond acceptors (Lipinski definition) is 3. The Labute approximate surface area is 171 Å². The average Bonchev–Trinajstić information content (AvgIpc) is 3.16. The summed E-state index contributed by atoms with van der Waals surface area (Å²) >= 11 is 0. The molecule has 0 aromatic heterocycles. The van der Waals surface area contributed by atoms with Gasteiger partial charge in [-0.2, -0.15) is 0 Å². The van der Waals surface area contributed by atoms with Crippen LogP contribution in [0.1, 0.15) is 42.6 Å². The predicted molar refractivity (Wildman–Crippen MR) is 114 cm³/mol. The summed E-state index contributed by atoms with van der Waals surface area (Å²) < 4.78 is 0. The second-order valence-corrected chi connectivity index (χ2v) is 7.10. The fourth-order valence-electron chi connectivity index (χ4n) is 3.50. The number of carbonyl (C=O) groups is 3. The molecule has 1 heterocycles. The molecule has 3 amide bonds. The minimum Gasteiger partial charge on any atom is -0.339 e. The van der Waals surface area contributed by atoms with Crippen molar-refractivity contribution >= 4 is 29.1 Å². The van der Waals surface area contributed by atoms with Crippen molar-refractivity contribution < 1.29 is 14.4 Å². The van der Waals surface area contributed by atoms with E-state index in [0.29, 0.717) is 30.8 Å². The number of nitrogens with one attached hydrogen (secondary N) is 1. The zero-order valence-electron chi connectivity index (χ0n) is 17.0. The highest BCUT2D eigenvalue weighted by atomic mass is 16.2. The molecule has 1 saturated heterocycles. The van der Waals surface area contributed by atoms with Gasteiger partial charge in [-0.25, -0.2) is 0 Å². The molecule has 2 aromatic rings. The van der Waals surface area contributed by atoms with Gasteiger partial charge in [0.25, 0.3) is 5.91 Å². The first-order valence-corrected chi connectivity index (χ1v) is 10.1. The van der Waals surface area contributed by atoms with E-state index in [4.69, 9.17) is 0 Å². The molecule has 3 rings (SSSR count). The van der Waals surface area contributed by atoms with Crippen molar-refractivity contribution in [3.8, 4) is 0 Å². The summed E-state index contributed by atoms with van der Waals surface area (Å²) in [6.07, 6.45) is 1.74. The van der Waals surface area contributed by atoms with E-state index in [1.807, 2.05) is 38.1 Å². The molecule has 0 bridgehead atoms. The topological polar surface area (TPSA) is 69.7 Å². The van der Waals surface area contributed by atoms with Crippen molar-refractivity contribution in [1.82, 2.24) is 4.90 Å². The summed E-state index contributed by atoms with van der Waals surface area (Å²) in [6, 6.07) is 14.5. The molecule has 0 atom stereocenters. The van der Waals surface area contributed by atoms with Crippen LogP contribution in [0, 0.1) is 0 Å². The molecule has 0 unspecified atom stereocenters. The van der Waals surface area contributed by atoms with E-state index >= 15 is 0 Å². The molecular formula is C23H27N3O3. The normalized spacial score (nSPS) is 13.4. The van der Waals surface area contributed by atoms with Gasteiger partial charge in [0.2, 0.25) is 11.8 Å². The van der Waals surface area contributed by atoms with Crippen molar-refractivity contribution in [2.45, 2.75) is 33.1 Å². The Bertz CT molecular complexity index is 871. The SMILES string of the molecule is CCN(CC)C(=O)c1ccc(NC(=O)Cc2ccc(N3CCCC3=O)cc2)cc1. The van der Waals surface area contributed by atoms with Gasteiger partial charge in [0.05, 0.1) is 6.42 Å². The summed E-state index contributed by atoms with van der Waals surface area (Å²) in [5, 5.41) is 2.86. The number of nitrogens with zero attached hydrogens (tertiary/aromatic N) is 2. The largest absolute Gasteiger partial charge is 0.339 e. The second-order valence-electron chi connectivity index (χ2n) is 7.10. The van der Waals surface area contributed by atoms with Crippen LogP contribution in [0.2, 0.25) is 0 Å². The van der Waals surface area contributed by atoms with E-state index in [9.17, 15) is 14.4 Å². The Kier molecular flexibility index (Phi) is 6.65. The Balaban J connectivity index is 1.56. The van der Waals surface area contributed by atoms with Crippen LogP contribution in [0.3, 0.4) is 0 Å². The Morgan fingerprint density at radius 1 is 1.00 bits per heavy atom. The van der Waals surface area contributed by atoms with E-state index in [1.54, 1.807) is 34.1 Å². The minimum absolute atomic E-state index is 0.00977. The molecule has 0 aliphatic carbocycles. The maximum atomic E-state index is 12.3. The van der Waals surface area contributed by atoms with Gasteiger partial charge < -0.3 is 15.1 Å². The lowest BCUT2D eigenvalue weighted by Crippen LogP contribution is -2.30. The lowest BCUT2D eigenvalue weighted by Gasteiger charge is -2.18. The quantitative estimate of drug-likeness (QED) is 0.783. The molecule has 1 N–H and O–H groups in total. The second kappa shape index (κ2) is 9.37. The summed E-state index contributed by atoms with van der Waals surface area (Å²) in [5.74, 6) is 0.0145. The van der Waals surface area contributed by atoms with Gasteiger partial charge in [0, 0.05) is 43.0 Å². The van der Waals surface area contributed by atoms with Crippen LogP contribution < -0.4 is 10.2 Å². The number of anilines is 2. The third-order valence-corrected chi connectivity index (χ3v) is 5.15. The molecule has 29 heavy (non-hydrogen) atoms. The maximum Gasteiger partial charge on any atom is 0.253 e. The molecule has 1 fully saturated rings. The summed E-state index contributed by atoms with van der Waals surface area (Å²) in [6.45, 7) is 5.99. The first kappa shape index (κ1) is 20.6. The highest BCUT2D eigenvalue weighted by molar-refractivity contribution is 5.97. The number of hydrogen-bond donors (Lipinski definition) is 1. The van der Waals surface area contributed by atoms with E-state index < -0.39 is 0 Å². The molecular weight excluding hydrogens is 366 g/mol. The van der Waals surface area contributed by atoms with Crippen LogP contribution in [0.25, 0.3) is 0 Å². The molecule has 0 spiro atoms. The van der Waals surface area contributed by atoms with Gasteiger partial charge in [-0.1, -0.05) is 12.1 Å². The highest BCUT2D eigenvalue weighted by Crippen LogP contribution is 2.22. The Morgan fingerprint density at radius 3 is 2.21 bits per heavy atom. The van der Waals surface area contributed by atoms with E-state index in [2.05, 4.69) is 5.32 Å². The molecule has 152 valence electrons. The van der Waals surface area contributed by atoms with Crippen molar-refractivity contribution in [3.63, 3.8) is 0 Å². The van der Waals surface area contributed by atoms with E-state index in [1.165, 1.54) is 0 Å². The van der Waals surface area contributed by atoms with Gasteiger partial charge in [0.15, 0.2) is 0 Å². The number of rotatable bonds is 7. The fourth-order valence-corrected chi connectivity index (χ4v) is 3.50. The predicted octanol–water partition coefficient (Wildman–Crippen LogP) is 3.48. The third-order valence-electron chi connectivity index (χ3n) is 5.15. The van der Waals surface area contributed by atoms with Crippen LogP contribution in [0.5, 0.6) is 0 Å². The van der Waals surface area contributed by atoms with Gasteiger partial charge in [-0.15, -0.1) is 0 Å². The summed E-state index contributed by atoms with van der Waals surface area (Å²) in [7, 11) is 0. The van der Waals surface area contributed by atoms with Crippen molar-refractivity contribution in [2.24, 2.45) is 0 Å². The molecule has 6 nitrogen and oxygen atoms in total. The van der Waals surface area contributed by atoms with Crippen molar-refractivity contribution in [3.05, 3.63) is 59.7 Å². The number of carbonyl (C=O) groups excluding carboxylic acids is 3. The third kappa shape index (κ3) is 5.02. The van der Waals surface area contributed by atoms with Gasteiger partial charge in [0.1, 0.15) is 0 Å². The van der Waals surface area contributed by atoms with Crippen LogP contribution in [-0.4, -0.2) is 42.3 Å². The van der Waals surface area contributed by atoms with E-state index in [-0.39, 0.29) is 24.1 Å². The smallest absolute Gasteiger partial charge is 0.253 e. The standard InChI is InChI=1S/C23H27N3O3/c1-3-25(4-2)23(29)18-9-11-19(12-10-18)24-21(27)16-17-7-13-20(14-8-17)26-15-5-6-22(26)28/h7-14H,3-6,15-16H2,1-2H3,(H,24,27). The van der Waals surface area contributed by atoms with Crippen molar-refractivity contribution in [1.29, 1.82) is 0 Å². The maximum absolute atomic E-state index is 12.3.